The van der Waals surface area contributed by atoms with Crippen molar-refractivity contribution in [1.29, 1.82) is 0 Å². The summed E-state index contributed by atoms with van der Waals surface area (Å²) in [6, 6.07) is 19.7. The first-order valence-corrected chi connectivity index (χ1v) is 8.73. The van der Waals surface area contributed by atoms with Crippen molar-refractivity contribution in [3.63, 3.8) is 0 Å². The van der Waals surface area contributed by atoms with Crippen LogP contribution in [0.2, 0.25) is 0 Å². The van der Waals surface area contributed by atoms with Crippen molar-refractivity contribution in [2.45, 2.75) is 26.1 Å². The topological polar surface area (TPSA) is 75.4 Å². The summed E-state index contributed by atoms with van der Waals surface area (Å²) < 4.78 is 1.49. The molecule has 138 valence electrons. The van der Waals surface area contributed by atoms with Crippen LogP contribution >= 0.6 is 0 Å². The van der Waals surface area contributed by atoms with E-state index in [2.05, 4.69) is 5.10 Å². The molecule has 2 aromatic carbocycles. The molecule has 1 heterocycles. The fourth-order valence-corrected chi connectivity index (χ4v) is 2.80. The molecule has 6 heteroatoms. The molecule has 1 amide bonds. The number of aryl methyl sites for hydroxylation is 1. The van der Waals surface area contributed by atoms with Crippen LogP contribution in [0.5, 0.6) is 0 Å². The van der Waals surface area contributed by atoms with Crippen molar-refractivity contribution < 1.29 is 14.7 Å². The standard InChI is InChI=1S/C21H21N3O3/c25-20(11-12-24-16-19(13-22-24)21(26)27)23(14-17-7-3-1-4-8-17)15-18-9-5-2-6-10-18/h1-10,13,16H,11-12,14-15H2,(H,26,27). The lowest BCUT2D eigenvalue weighted by molar-refractivity contribution is -0.132. The molecule has 0 aliphatic rings. The first-order chi connectivity index (χ1) is 13.1. The Labute approximate surface area is 157 Å². The first kappa shape index (κ1) is 18.4. The molecule has 0 radical (unpaired) electrons. The highest BCUT2D eigenvalue weighted by Gasteiger charge is 2.15. The van der Waals surface area contributed by atoms with Gasteiger partial charge in [-0.1, -0.05) is 60.7 Å². The molecule has 3 aromatic rings. The lowest BCUT2D eigenvalue weighted by atomic mass is 10.1. The summed E-state index contributed by atoms with van der Waals surface area (Å²) in [5.74, 6) is -1.03. The fourth-order valence-electron chi connectivity index (χ4n) is 2.80. The second kappa shape index (κ2) is 8.80. The summed E-state index contributed by atoms with van der Waals surface area (Å²) >= 11 is 0. The highest BCUT2D eigenvalue weighted by Crippen LogP contribution is 2.12. The Morgan fingerprint density at radius 2 is 1.48 bits per heavy atom. The van der Waals surface area contributed by atoms with Gasteiger partial charge in [-0.3, -0.25) is 9.48 Å². The molecular formula is C21H21N3O3. The van der Waals surface area contributed by atoms with Gasteiger partial charge in [0.15, 0.2) is 0 Å². The molecule has 0 bridgehead atoms. The van der Waals surface area contributed by atoms with E-state index in [0.717, 1.165) is 11.1 Å². The Balaban J connectivity index is 1.68. The number of rotatable bonds is 8. The molecular weight excluding hydrogens is 342 g/mol. The zero-order valence-electron chi connectivity index (χ0n) is 14.9. The number of carboxylic acids is 1. The van der Waals surface area contributed by atoms with Crippen LogP contribution < -0.4 is 0 Å². The highest BCUT2D eigenvalue weighted by atomic mass is 16.4. The molecule has 0 atom stereocenters. The number of hydrogen-bond acceptors (Lipinski definition) is 3. The minimum absolute atomic E-state index is 0.00455. The van der Waals surface area contributed by atoms with E-state index in [4.69, 9.17) is 5.11 Å². The van der Waals surface area contributed by atoms with Gasteiger partial charge in [0, 0.05) is 32.3 Å². The summed E-state index contributed by atoms with van der Waals surface area (Å²) in [7, 11) is 0. The van der Waals surface area contributed by atoms with Crippen molar-refractivity contribution in [2.24, 2.45) is 0 Å². The molecule has 6 nitrogen and oxygen atoms in total. The lowest BCUT2D eigenvalue weighted by Crippen LogP contribution is -2.30. The molecule has 0 fully saturated rings. The van der Waals surface area contributed by atoms with Crippen LogP contribution in [0.4, 0.5) is 0 Å². The Hall–Kier alpha value is -3.41. The number of hydrogen-bond donors (Lipinski definition) is 1. The van der Waals surface area contributed by atoms with Gasteiger partial charge < -0.3 is 10.0 Å². The summed E-state index contributed by atoms with van der Waals surface area (Å²) in [6.07, 6.45) is 2.98. The van der Waals surface area contributed by atoms with Crippen LogP contribution in [-0.4, -0.2) is 31.7 Å². The predicted molar refractivity (Wildman–Crippen MR) is 101 cm³/mol. The van der Waals surface area contributed by atoms with Gasteiger partial charge in [-0.25, -0.2) is 4.79 Å². The van der Waals surface area contributed by atoms with Crippen LogP contribution in [0.15, 0.2) is 73.1 Å². The maximum Gasteiger partial charge on any atom is 0.338 e. The van der Waals surface area contributed by atoms with E-state index in [1.165, 1.54) is 17.1 Å². The van der Waals surface area contributed by atoms with E-state index in [9.17, 15) is 9.59 Å². The Kier molecular flexibility index (Phi) is 5.99. The summed E-state index contributed by atoms with van der Waals surface area (Å²) in [5.41, 5.74) is 2.25. The predicted octanol–water partition coefficient (Wildman–Crippen LogP) is 3.20. The molecule has 0 aliphatic carbocycles. The molecule has 0 spiro atoms. The molecule has 0 saturated heterocycles. The van der Waals surface area contributed by atoms with Gasteiger partial charge in [-0.2, -0.15) is 5.10 Å². The molecule has 27 heavy (non-hydrogen) atoms. The third-order valence-corrected chi connectivity index (χ3v) is 4.22. The van der Waals surface area contributed by atoms with Crippen LogP contribution in [0.3, 0.4) is 0 Å². The molecule has 1 aromatic heterocycles. The van der Waals surface area contributed by atoms with E-state index >= 15 is 0 Å². The Morgan fingerprint density at radius 1 is 0.926 bits per heavy atom. The van der Waals surface area contributed by atoms with E-state index < -0.39 is 5.97 Å². The average molecular weight is 363 g/mol. The quantitative estimate of drug-likeness (QED) is 0.667. The van der Waals surface area contributed by atoms with Crippen LogP contribution in [-0.2, 0) is 24.4 Å². The molecule has 0 aliphatic heterocycles. The largest absolute Gasteiger partial charge is 0.478 e. The van der Waals surface area contributed by atoms with Gasteiger partial charge in [-0.15, -0.1) is 0 Å². The van der Waals surface area contributed by atoms with E-state index in [1.54, 1.807) is 0 Å². The number of carbonyl (C=O) groups is 2. The average Bonchev–Trinajstić information content (AvgIpc) is 3.17. The summed E-state index contributed by atoms with van der Waals surface area (Å²) in [5, 5.41) is 13.0. The number of carbonyl (C=O) groups excluding carboxylic acids is 1. The number of aromatic nitrogens is 2. The minimum atomic E-state index is -1.03. The normalized spacial score (nSPS) is 10.5. The number of amides is 1. The zero-order chi connectivity index (χ0) is 19.1. The second-order valence-electron chi connectivity index (χ2n) is 6.27. The zero-order valence-corrected chi connectivity index (χ0v) is 14.9. The van der Waals surface area contributed by atoms with Crippen LogP contribution in [0, 0.1) is 0 Å². The third kappa shape index (κ3) is 5.28. The number of carboxylic acid groups (broad SMARTS) is 1. The first-order valence-electron chi connectivity index (χ1n) is 8.73. The second-order valence-corrected chi connectivity index (χ2v) is 6.27. The molecule has 3 rings (SSSR count). The third-order valence-electron chi connectivity index (χ3n) is 4.22. The molecule has 1 N–H and O–H groups in total. The lowest BCUT2D eigenvalue weighted by Gasteiger charge is -2.23. The number of benzene rings is 2. The number of aromatic carboxylic acids is 1. The molecule has 0 unspecified atom stereocenters. The Morgan fingerprint density at radius 3 is 1.96 bits per heavy atom. The van der Waals surface area contributed by atoms with Crippen molar-refractivity contribution >= 4 is 11.9 Å². The molecule has 0 saturated carbocycles. The van der Waals surface area contributed by atoms with Crippen LogP contribution in [0.1, 0.15) is 27.9 Å². The maximum atomic E-state index is 12.8. The van der Waals surface area contributed by atoms with Crippen molar-refractivity contribution in [1.82, 2.24) is 14.7 Å². The van der Waals surface area contributed by atoms with Crippen LogP contribution in [0.25, 0.3) is 0 Å². The van der Waals surface area contributed by atoms with Gasteiger partial charge in [0.25, 0.3) is 0 Å². The minimum Gasteiger partial charge on any atom is -0.478 e. The van der Waals surface area contributed by atoms with Gasteiger partial charge >= 0.3 is 5.97 Å². The monoisotopic (exact) mass is 363 g/mol. The van der Waals surface area contributed by atoms with E-state index in [-0.39, 0.29) is 17.9 Å². The van der Waals surface area contributed by atoms with Gasteiger partial charge in [0.2, 0.25) is 5.91 Å². The van der Waals surface area contributed by atoms with Gasteiger partial charge in [0.1, 0.15) is 0 Å². The highest BCUT2D eigenvalue weighted by molar-refractivity contribution is 5.86. The summed E-state index contributed by atoms with van der Waals surface area (Å²) in [6.45, 7) is 1.38. The summed E-state index contributed by atoms with van der Waals surface area (Å²) in [4.78, 5) is 25.6. The fraction of sp³-hybridized carbons (Fsp3) is 0.190. The smallest absolute Gasteiger partial charge is 0.338 e. The SMILES string of the molecule is O=C(O)c1cnn(CCC(=O)N(Cc2ccccc2)Cc2ccccc2)c1. The number of nitrogens with zero attached hydrogens (tertiary/aromatic N) is 3. The Bertz CT molecular complexity index is 850. The maximum absolute atomic E-state index is 12.8. The van der Waals surface area contributed by atoms with E-state index in [0.29, 0.717) is 19.6 Å². The van der Waals surface area contributed by atoms with Crippen molar-refractivity contribution in [3.05, 3.63) is 89.7 Å². The van der Waals surface area contributed by atoms with Crippen molar-refractivity contribution in [2.75, 3.05) is 0 Å². The van der Waals surface area contributed by atoms with Gasteiger partial charge in [0.05, 0.1) is 11.8 Å². The van der Waals surface area contributed by atoms with E-state index in [1.807, 2.05) is 65.6 Å². The van der Waals surface area contributed by atoms with Crippen molar-refractivity contribution in [3.8, 4) is 0 Å². The van der Waals surface area contributed by atoms with Gasteiger partial charge in [-0.05, 0) is 11.1 Å².